The van der Waals surface area contributed by atoms with Gasteiger partial charge in [0.05, 0.1) is 17.8 Å². The standard InChI is InChI=1S/C27H23N3O4/c31-19-9-6-16(7-10-19)14-23(33)29-27-25(26(34)17-4-2-1-3-5-17)30-24-21-12-11-20(32)15-18(21)8-13-22(24)28-27/h1-7,9-12,15,26,31-32,34H,8,13-14H2,(H,28,29,33). The van der Waals surface area contributed by atoms with E-state index in [1.165, 1.54) is 12.1 Å². The van der Waals surface area contributed by atoms with Gasteiger partial charge in [-0.2, -0.15) is 0 Å². The van der Waals surface area contributed by atoms with E-state index in [0.717, 1.165) is 22.4 Å². The monoisotopic (exact) mass is 453 g/mol. The molecule has 34 heavy (non-hydrogen) atoms. The zero-order chi connectivity index (χ0) is 23.7. The predicted molar refractivity (Wildman–Crippen MR) is 127 cm³/mol. The van der Waals surface area contributed by atoms with Crippen LogP contribution >= 0.6 is 0 Å². The van der Waals surface area contributed by atoms with Crippen LogP contribution in [0.3, 0.4) is 0 Å². The summed E-state index contributed by atoms with van der Waals surface area (Å²) in [6, 6.07) is 20.6. The highest BCUT2D eigenvalue weighted by atomic mass is 16.3. The number of aryl methyl sites for hydroxylation is 2. The van der Waals surface area contributed by atoms with Crippen LogP contribution < -0.4 is 5.32 Å². The van der Waals surface area contributed by atoms with Crippen molar-refractivity contribution in [2.45, 2.75) is 25.4 Å². The van der Waals surface area contributed by atoms with Gasteiger partial charge in [-0.15, -0.1) is 0 Å². The minimum Gasteiger partial charge on any atom is -0.508 e. The summed E-state index contributed by atoms with van der Waals surface area (Å²) in [5.41, 5.74) is 4.81. The minimum atomic E-state index is -1.09. The lowest BCUT2D eigenvalue weighted by atomic mass is 9.91. The number of fused-ring (bicyclic) bond motifs is 3. The Balaban J connectivity index is 1.54. The van der Waals surface area contributed by atoms with Crippen LogP contribution in [-0.4, -0.2) is 31.2 Å². The molecule has 1 aromatic heterocycles. The van der Waals surface area contributed by atoms with Gasteiger partial charge in [-0.05, 0) is 59.9 Å². The van der Waals surface area contributed by atoms with Crippen LogP contribution in [0.5, 0.6) is 11.5 Å². The maximum Gasteiger partial charge on any atom is 0.229 e. The van der Waals surface area contributed by atoms with E-state index in [1.807, 2.05) is 18.2 Å². The molecule has 1 unspecified atom stereocenters. The van der Waals surface area contributed by atoms with Crippen molar-refractivity contribution in [3.8, 4) is 22.8 Å². The maximum absolute atomic E-state index is 12.8. The number of anilines is 1. The van der Waals surface area contributed by atoms with Gasteiger partial charge >= 0.3 is 0 Å². The number of hydrogen-bond donors (Lipinski definition) is 4. The first-order chi connectivity index (χ1) is 16.5. The highest BCUT2D eigenvalue weighted by molar-refractivity contribution is 5.92. The van der Waals surface area contributed by atoms with E-state index in [-0.39, 0.29) is 35.3 Å². The highest BCUT2D eigenvalue weighted by Crippen LogP contribution is 2.36. The predicted octanol–water partition coefficient (Wildman–Crippen LogP) is 3.92. The fourth-order valence-electron chi connectivity index (χ4n) is 4.20. The number of aliphatic hydroxyl groups excluding tert-OH is 1. The van der Waals surface area contributed by atoms with Crippen molar-refractivity contribution in [1.29, 1.82) is 0 Å². The van der Waals surface area contributed by atoms with Crippen LogP contribution in [0.25, 0.3) is 11.3 Å². The number of aromatic nitrogens is 2. The molecule has 4 N–H and O–H groups in total. The van der Waals surface area contributed by atoms with Crippen molar-refractivity contribution in [3.63, 3.8) is 0 Å². The molecule has 0 saturated carbocycles. The fourth-order valence-corrected chi connectivity index (χ4v) is 4.20. The number of carbonyl (C=O) groups is 1. The van der Waals surface area contributed by atoms with Gasteiger partial charge in [-0.3, -0.25) is 4.79 Å². The second-order valence-electron chi connectivity index (χ2n) is 8.30. The summed E-state index contributed by atoms with van der Waals surface area (Å²) in [4.78, 5) is 22.3. The number of phenols is 2. The van der Waals surface area contributed by atoms with E-state index >= 15 is 0 Å². The molecule has 1 atom stereocenters. The Morgan fingerprint density at radius 3 is 2.41 bits per heavy atom. The van der Waals surface area contributed by atoms with Crippen LogP contribution in [0, 0.1) is 0 Å². The number of nitrogens with one attached hydrogen (secondary N) is 1. The number of amides is 1. The van der Waals surface area contributed by atoms with Gasteiger partial charge in [0.15, 0.2) is 5.82 Å². The van der Waals surface area contributed by atoms with E-state index in [4.69, 9.17) is 9.97 Å². The molecular weight excluding hydrogens is 430 g/mol. The molecule has 1 amide bonds. The number of aromatic hydroxyl groups is 2. The normalized spacial score (nSPS) is 13.0. The van der Waals surface area contributed by atoms with Gasteiger partial charge in [0, 0.05) is 5.56 Å². The molecule has 0 fully saturated rings. The van der Waals surface area contributed by atoms with Crippen LogP contribution in [0.15, 0.2) is 72.8 Å². The molecule has 1 aliphatic carbocycles. The van der Waals surface area contributed by atoms with Crippen LogP contribution in [0.1, 0.15) is 34.2 Å². The topological polar surface area (TPSA) is 116 Å². The number of carbonyl (C=O) groups excluding carboxylic acids is 1. The lowest BCUT2D eigenvalue weighted by molar-refractivity contribution is -0.115. The Bertz CT molecular complexity index is 1350. The largest absolute Gasteiger partial charge is 0.508 e. The van der Waals surface area contributed by atoms with Gasteiger partial charge in [0.1, 0.15) is 23.3 Å². The van der Waals surface area contributed by atoms with Crippen molar-refractivity contribution in [2.75, 3.05) is 5.32 Å². The molecule has 1 heterocycles. The number of phenolic OH excluding ortho intramolecular Hbond substituents is 2. The summed E-state index contributed by atoms with van der Waals surface area (Å²) in [5, 5.41) is 33.3. The third kappa shape index (κ3) is 4.33. The lowest BCUT2D eigenvalue weighted by Crippen LogP contribution is -2.21. The van der Waals surface area contributed by atoms with E-state index in [2.05, 4.69) is 5.32 Å². The molecule has 4 aromatic rings. The summed E-state index contributed by atoms with van der Waals surface area (Å²) in [6.45, 7) is 0. The first-order valence-electron chi connectivity index (χ1n) is 11.0. The molecule has 0 radical (unpaired) electrons. The minimum absolute atomic E-state index is 0.0853. The number of hydrogen-bond acceptors (Lipinski definition) is 6. The molecule has 170 valence electrons. The fraction of sp³-hybridized carbons (Fsp3) is 0.148. The number of rotatable bonds is 5. The third-order valence-electron chi connectivity index (χ3n) is 5.90. The quantitative estimate of drug-likeness (QED) is 0.364. The second-order valence-corrected chi connectivity index (χ2v) is 8.30. The molecule has 1 aliphatic rings. The Hall–Kier alpha value is -4.23. The third-order valence-corrected chi connectivity index (χ3v) is 5.90. The Labute approximate surface area is 196 Å². The molecule has 7 heteroatoms. The van der Waals surface area contributed by atoms with Crippen molar-refractivity contribution in [3.05, 3.63) is 101 Å². The van der Waals surface area contributed by atoms with Crippen LogP contribution in [-0.2, 0) is 24.1 Å². The Morgan fingerprint density at radius 1 is 0.912 bits per heavy atom. The average molecular weight is 453 g/mol. The summed E-state index contributed by atoms with van der Waals surface area (Å²) < 4.78 is 0. The van der Waals surface area contributed by atoms with E-state index in [1.54, 1.807) is 42.5 Å². The molecule has 3 aromatic carbocycles. The van der Waals surface area contributed by atoms with Crippen LogP contribution in [0.4, 0.5) is 5.82 Å². The molecule has 5 rings (SSSR count). The van der Waals surface area contributed by atoms with Crippen LogP contribution in [0.2, 0.25) is 0 Å². The van der Waals surface area contributed by atoms with Gasteiger partial charge in [0.2, 0.25) is 5.91 Å². The van der Waals surface area contributed by atoms with Gasteiger partial charge < -0.3 is 20.6 Å². The SMILES string of the molecule is O=C(Cc1ccc(O)cc1)Nc1nc2c(nc1C(O)c1ccccc1)-c1ccc(O)cc1CC2. The summed E-state index contributed by atoms with van der Waals surface area (Å²) in [6.07, 6.45) is 0.279. The van der Waals surface area contributed by atoms with Gasteiger partial charge in [0.25, 0.3) is 0 Å². The van der Waals surface area contributed by atoms with Gasteiger partial charge in [-0.1, -0.05) is 42.5 Å². The van der Waals surface area contributed by atoms with Crippen molar-refractivity contribution in [1.82, 2.24) is 9.97 Å². The smallest absolute Gasteiger partial charge is 0.229 e. The molecule has 0 spiro atoms. The van der Waals surface area contributed by atoms with E-state index in [0.29, 0.717) is 24.1 Å². The first kappa shape index (κ1) is 21.6. The number of nitrogens with zero attached hydrogens (tertiary/aromatic N) is 2. The van der Waals surface area contributed by atoms with Crippen molar-refractivity contribution < 1.29 is 20.1 Å². The molecule has 7 nitrogen and oxygen atoms in total. The number of benzene rings is 3. The zero-order valence-electron chi connectivity index (χ0n) is 18.3. The second kappa shape index (κ2) is 8.96. The zero-order valence-corrected chi connectivity index (χ0v) is 18.3. The number of aliphatic hydroxyl groups is 1. The molecular formula is C27H23N3O4. The molecule has 0 saturated heterocycles. The van der Waals surface area contributed by atoms with Crippen molar-refractivity contribution in [2.24, 2.45) is 0 Å². The Kier molecular flexibility index (Phi) is 5.69. The lowest BCUT2D eigenvalue weighted by Gasteiger charge is -2.23. The highest BCUT2D eigenvalue weighted by Gasteiger charge is 2.26. The first-order valence-corrected chi connectivity index (χ1v) is 11.0. The van der Waals surface area contributed by atoms with Gasteiger partial charge in [-0.25, -0.2) is 9.97 Å². The average Bonchev–Trinajstić information content (AvgIpc) is 2.85. The maximum atomic E-state index is 12.8. The Morgan fingerprint density at radius 2 is 1.65 bits per heavy atom. The van der Waals surface area contributed by atoms with E-state index < -0.39 is 6.10 Å². The summed E-state index contributed by atoms with van der Waals surface area (Å²) in [7, 11) is 0. The summed E-state index contributed by atoms with van der Waals surface area (Å²) >= 11 is 0. The van der Waals surface area contributed by atoms with Crippen molar-refractivity contribution >= 4 is 11.7 Å². The summed E-state index contributed by atoms with van der Waals surface area (Å²) in [5.74, 6) is 0.244. The molecule has 0 bridgehead atoms. The van der Waals surface area contributed by atoms with E-state index in [9.17, 15) is 20.1 Å². The molecule has 0 aliphatic heterocycles.